The van der Waals surface area contributed by atoms with E-state index in [4.69, 9.17) is 4.42 Å². The van der Waals surface area contributed by atoms with Gasteiger partial charge in [0.2, 0.25) is 0 Å². The number of thiazole rings is 1. The van der Waals surface area contributed by atoms with Crippen LogP contribution >= 0.6 is 11.3 Å². The molecule has 0 bridgehead atoms. The van der Waals surface area contributed by atoms with Crippen molar-refractivity contribution < 1.29 is 14.0 Å². The number of aryl methyl sites for hydroxylation is 2. The summed E-state index contributed by atoms with van der Waals surface area (Å²) in [5, 5.41) is 1.73. The van der Waals surface area contributed by atoms with Crippen LogP contribution in [0.25, 0.3) is 11.0 Å². The molecule has 1 aliphatic rings. The normalized spacial score (nSPS) is 13.4. The third kappa shape index (κ3) is 2.72. The third-order valence-corrected chi connectivity index (χ3v) is 5.21. The van der Waals surface area contributed by atoms with E-state index in [0.29, 0.717) is 16.3 Å². The van der Waals surface area contributed by atoms with Crippen molar-refractivity contribution in [2.45, 2.75) is 32.1 Å². The van der Waals surface area contributed by atoms with E-state index >= 15 is 0 Å². The molecule has 0 radical (unpaired) electrons. The second kappa shape index (κ2) is 5.74. The monoisotopic (exact) mass is 325 g/mol. The lowest BCUT2D eigenvalue weighted by atomic mass is 10.0. The molecule has 5 heteroatoms. The number of furan rings is 1. The summed E-state index contributed by atoms with van der Waals surface area (Å²) >= 11 is 1.27. The van der Waals surface area contributed by atoms with Gasteiger partial charge in [0, 0.05) is 23.6 Å². The number of carbonyl (C=O) groups is 2. The SMILES string of the molecule is O=Cc1cnc(CC(=O)Cc2coc3cc4c(cc23)CCC4)s1. The van der Waals surface area contributed by atoms with Crippen molar-refractivity contribution in [3.63, 3.8) is 0 Å². The zero-order chi connectivity index (χ0) is 15.8. The van der Waals surface area contributed by atoms with Crippen LogP contribution < -0.4 is 0 Å². The Labute approximate surface area is 137 Å². The minimum Gasteiger partial charge on any atom is -0.464 e. The number of hydrogen-bond acceptors (Lipinski definition) is 5. The number of hydrogen-bond donors (Lipinski definition) is 0. The Morgan fingerprint density at radius 3 is 2.87 bits per heavy atom. The first-order valence-electron chi connectivity index (χ1n) is 7.66. The fourth-order valence-corrected chi connectivity index (χ4v) is 3.95. The molecule has 0 atom stereocenters. The van der Waals surface area contributed by atoms with Gasteiger partial charge in [-0.25, -0.2) is 4.98 Å². The van der Waals surface area contributed by atoms with E-state index in [1.165, 1.54) is 35.1 Å². The van der Waals surface area contributed by atoms with E-state index < -0.39 is 0 Å². The number of aldehydes is 1. The van der Waals surface area contributed by atoms with E-state index in [-0.39, 0.29) is 12.2 Å². The van der Waals surface area contributed by atoms with Crippen LogP contribution in [0, 0.1) is 0 Å². The fraction of sp³-hybridized carbons (Fsp3) is 0.278. The van der Waals surface area contributed by atoms with Gasteiger partial charge >= 0.3 is 0 Å². The van der Waals surface area contributed by atoms with Gasteiger partial charge in [0.25, 0.3) is 0 Å². The molecule has 0 N–H and O–H groups in total. The minimum atomic E-state index is 0.0833. The molecule has 0 aliphatic heterocycles. The average Bonchev–Trinajstić information content (AvgIpc) is 3.25. The third-order valence-electron chi connectivity index (χ3n) is 4.29. The number of benzene rings is 1. The van der Waals surface area contributed by atoms with E-state index in [0.717, 1.165) is 35.7 Å². The molecule has 3 aromatic rings. The summed E-state index contributed by atoms with van der Waals surface area (Å²) in [6, 6.07) is 4.29. The highest BCUT2D eigenvalue weighted by atomic mass is 32.1. The second-order valence-electron chi connectivity index (χ2n) is 5.90. The molecule has 4 rings (SSSR count). The number of nitrogens with zero attached hydrogens (tertiary/aromatic N) is 1. The van der Waals surface area contributed by atoms with Gasteiger partial charge in [0.15, 0.2) is 6.29 Å². The van der Waals surface area contributed by atoms with Crippen LogP contribution in [0.3, 0.4) is 0 Å². The molecule has 116 valence electrons. The van der Waals surface area contributed by atoms with Crippen molar-refractivity contribution in [2.24, 2.45) is 0 Å². The molecule has 2 aromatic heterocycles. The molecule has 0 fully saturated rings. The van der Waals surface area contributed by atoms with Crippen molar-refractivity contribution in [1.29, 1.82) is 0 Å². The summed E-state index contributed by atoms with van der Waals surface area (Å²) < 4.78 is 5.64. The van der Waals surface area contributed by atoms with Crippen molar-refractivity contribution in [1.82, 2.24) is 4.98 Å². The van der Waals surface area contributed by atoms with E-state index in [9.17, 15) is 9.59 Å². The van der Waals surface area contributed by atoms with Crippen molar-refractivity contribution in [3.05, 3.63) is 51.2 Å². The molecule has 1 aliphatic carbocycles. The zero-order valence-corrected chi connectivity index (χ0v) is 13.3. The van der Waals surface area contributed by atoms with Crippen molar-refractivity contribution >= 4 is 34.4 Å². The summed E-state index contributed by atoms with van der Waals surface area (Å²) in [6.07, 6.45) is 7.97. The summed E-state index contributed by atoms with van der Waals surface area (Å²) in [4.78, 5) is 27.6. The van der Waals surface area contributed by atoms with Gasteiger partial charge in [-0.3, -0.25) is 9.59 Å². The number of ketones is 1. The maximum atomic E-state index is 12.3. The number of rotatable bonds is 5. The highest BCUT2D eigenvalue weighted by Crippen LogP contribution is 2.30. The largest absolute Gasteiger partial charge is 0.464 e. The lowest BCUT2D eigenvalue weighted by Crippen LogP contribution is -2.05. The molecular formula is C18H15NO3S. The smallest absolute Gasteiger partial charge is 0.161 e. The Bertz CT molecular complexity index is 906. The topological polar surface area (TPSA) is 60.2 Å². The molecule has 0 amide bonds. The number of aromatic nitrogens is 1. The number of Topliss-reactive ketones (excluding diaryl/α,β-unsaturated/α-hetero) is 1. The maximum Gasteiger partial charge on any atom is 0.161 e. The quantitative estimate of drug-likeness (QED) is 0.673. The highest BCUT2D eigenvalue weighted by molar-refractivity contribution is 7.13. The molecule has 0 spiro atoms. The Morgan fingerprint density at radius 1 is 1.26 bits per heavy atom. The lowest BCUT2D eigenvalue weighted by Gasteiger charge is -2.01. The number of carbonyl (C=O) groups excluding carboxylic acids is 2. The van der Waals surface area contributed by atoms with Gasteiger partial charge < -0.3 is 4.42 Å². The molecular weight excluding hydrogens is 310 g/mol. The van der Waals surface area contributed by atoms with Crippen molar-refractivity contribution in [3.8, 4) is 0 Å². The Kier molecular flexibility index (Phi) is 3.58. The molecule has 1 aromatic carbocycles. The van der Waals surface area contributed by atoms with Crippen LogP contribution in [0.1, 0.15) is 37.8 Å². The highest BCUT2D eigenvalue weighted by Gasteiger charge is 2.17. The summed E-state index contributed by atoms with van der Waals surface area (Å²) in [7, 11) is 0. The van der Waals surface area contributed by atoms with Crippen LogP contribution in [0.4, 0.5) is 0 Å². The molecule has 0 saturated carbocycles. The van der Waals surface area contributed by atoms with E-state index in [1.54, 1.807) is 6.26 Å². The first-order chi connectivity index (χ1) is 11.2. The molecule has 0 unspecified atom stereocenters. The van der Waals surface area contributed by atoms with Gasteiger partial charge in [0.05, 0.1) is 17.6 Å². The second-order valence-corrected chi connectivity index (χ2v) is 7.04. The van der Waals surface area contributed by atoms with Gasteiger partial charge in [-0.05, 0) is 42.5 Å². The van der Waals surface area contributed by atoms with Crippen LogP contribution in [0.5, 0.6) is 0 Å². The van der Waals surface area contributed by atoms with E-state index in [2.05, 4.69) is 17.1 Å². The van der Waals surface area contributed by atoms with Crippen LogP contribution in [0.2, 0.25) is 0 Å². The number of fused-ring (bicyclic) bond motifs is 2. The maximum absolute atomic E-state index is 12.3. The van der Waals surface area contributed by atoms with Crippen LogP contribution in [0.15, 0.2) is 29.0 Å². The van der Waals surface area contributed by atoms with Crippen LogP contribution in [-0.2, 0) is 30.5 Å². The molecule has 4 nitrogen and oxygen atoms in total. The average molecular weight is 325 g/mol. The fourth-order valence-electron chi connectivity index (χ4n) is 3.19. The van der Waals surface area contributed by atoms with Gasteiger partial charge in [-0.2, -0.15) is 0 Å². The Balaban J connectivity index is 1.55. The predicted molar refractivity (Wildman–Crippen MR) is 88.2 cm³/mol. The Hall–Kier alpha value is -2.27. The zero-order valence-electron chi connectivity index (χ0n) is 12.5. The standard InChI is InChI=1S/C18H15NO3S/c20-9-15-8-19-18(23-15)7-14(21)4-13-10-22-17-6-12-3-1-2-11(12)5-16(13)17/h5-6,8-10H,1-4,7H2. The van der Waals surface area contributed by atoms with Gasteiger partial charge in [-0.1, -0.05) is 0 Å². The van der Waals surface area contributed by atoms with Gasteiger partial charge in [-0.15, -0.1) is 11.3 Å². The first kappa shape index (κ1) is 14.3. The minimum absolute atomic E-state index is 0.0833. The van der Waals surface area contributed by atoms with Crippen molar-refractivity contribution in [2.75, 3.05) is 0 Å². The summed E-state index contributed by atoms with van der Waals surface area (Å²) in [5.74, 6) is 0.0833. The van der Waals surface area contributed by atoms with E-state index in [1.807, 2.05) is 0 Å². The first-order valence-corrected chi connectivity index (χ1v) is 8.48. The molecule has 23 heavy (non-hydrogen) atoms. The van der Waals surface area contributed by atoms with Crippen LogP contribution in [-0.4, -0.2) is 17.1 Å². The van der Waals surface area contributed by atoms with Gasteiger partial charge in [0.1, 0.15) is 16.4 Å². The summed E-state index contributed by atoms with van der Waals surface area (Å²) in [6.45, 7) is 0. The summed E-state index contributed by atoms with van der Waals surface area (Å²) in [5.41, 5.74) is 4.55. The Morgan fingerprint density at radius 2 is 2.09 bits per heavy atom. The lowest BCUT2D eigenvalue weighted by molar-refractivity contribution is -0.117. The molecule has 2 heterocycles. The molecule has 0 saturated heterocycles. The predicted octanol–water partition coefficient (Wildman–Crippen LogP) is 3.54.